The molecule has 0 aromatic carbocycles. The van der Waals surface area contributed by atoms with Gasteiger partial charge < -0.3 is 20.3 Å². The quantitative estimate of drug-likeness (QED) is 0.270. The van der Waals surface area contributed by atoms with E-state index in [0.717, 1.165) is 36.4 Å². The van der Waals surface area contributed by atoms with Crippen LogP contribution in [-0.2, 0) is 12.1 Å². The minimum absolute atomic E-state index is 0. The van der Waals surface area contributed by atoms with Crippen molar-refractivity contribution in [2.75, 3.05) is 13.1 Å². The van der Waals surface area contributed by atoms with Gasteiger partial charge in [-0.05, 0) is 49.1 Å². The van der Waals surface area contributed by atoms with E-state index in [-0.39, 0.29) is 24.0 Å². The summed E-state index contributed by atoms with van der Waals surface area (Å²) in [6, 6.07) is 3.93. The Morgan fingerprint density at radius 2 is 2.07 bits per heavy atom. The summed E-state index contributed by atoms with van der Waals surface area (Å²) in [6.07, 6.45) is 2.10. The van der Waals surface area contributed by atoms with Crippen LogP contribution in [0.2, 0.25) is 0 Å². The Labute approximate surface area is 182 Å². The molecule has 0 aliphatic heterocycles. The topological polar surface area (TPSA) is 82.7 Å². The lowest BCUT2D eigenvalue weighted by atomic mass is 9.99. The van der Waals surface area contributed by atoms with Crippen LogP contribution in [0.5, 0.6) is 0 Å². The van der Waals surface area contributed by atoms with Crippen LogP contribution in [0.1, 0.15) is 63.5 Å². The molecule has 2 heterocycles. The molecule has 0 saturated carbocycles. The number of hydrogen-bond acceptors (Lipinski definition) is 5. The number of nitrogens with zero attached hydrogens (tertiary/aromatic N) is 2. The average molecular weight is 506 g/mol. The van der Waals surface area contributed by atoms with Gasteiger partial charge in [0, 0.05) is 18.5 Å². The number of halogens is 1. The van der Waals surface area contributed by atoms with E-state index < -0.39 is 5.60 Å². The highest BCUT2D eigenvalue weighted by Gasteiger charge is 2.23. The molecule has 0 spiro atoms. The van der Waals surface area contributed by atoms with Crippen LogP contribution in [0.25, 0.3) is 0 Å². The Morgan fingerprint density at radius 1 is 1.33 bits per heavy atom. The maximum absolute atomic E-state index is 10.6. The Bertz CT molecular complexity index is 682. The van der Waals surface area contributed by atoms with Gasteiger partial charge in [0.15, 0.2) is 11.7 Å². The van der Waals surface area contributed by atoms with E-state index in [1.807, 2.05) is 29.8 Å². The first-order chi connectivity index (χ1) is 12.5. The maximum atomic E-state index is 10.6. The van der Waals surface area contributed by atoms with Crippen molar-refractivity contribution in [3.05, 3.63) is 39.9 Å². The Balaban J connectivity index is 0.00000364. The van der Waals surface area contributed by atoms with E-state index in [9.17, 15) is 5.11 Å². The van der Waals surface area contributed by atoms with Crippen LogP contribution >= 0.6 is 35.3 Å². The molecule has 2 rings (SSSR count). The van der Waals surface area contributed by atoms with Crippen LogP contribution in [0, 0.1) is 0 Å². The SMILES string of the molecule is CCNC(=NCc1cc(C(CC)CC)no1)NCC(C)(O)c1ccsc1.I. The molecule has 2 aromatic heterocycles. The highest BCUT2D eigenvalue weighted by Crippen LogP contribution is 2.23. The fourth-order valence-electron chi connectivity index (χ4n) is 2.73. The lowest BCUT2D eigenvalue weighted by Crippen LogP contribution is -2.44. The van der Waals surface area contributed by atoms with Crippen LogP contribution in [-0.4, -0.2) is 29.3 Å². The number of rotatable bonds is 9. The fraction of sp³-hybridized carbons (Fsp3) is 0.579. The molecule has 0 amide bonds. The van der Waals surface area contributed by atoms with Crippen molar-refractivity contribution >= 4 is 41.3 Å². The molecule has 0 fully saturated rings. The highest BCUT2D eigenvalue weighted by atomic mass is 127. The van der Waals surface area contributed by atoms with E-state index in [1.54, 1.807) is 18.3 Å². The third-order valence-electron chi connectivity index (χ3n) is 4.46. The highest BCUT2D eigenvalue weighted by molar-refractivity contribution is 14.0. The Hall–Kier alpha value is -1.13. The van der Waals surface area contributed by atoms with Gasteiger partial charge in [-0.1, -0.05) is 19.0 Å². The van der Waals surface area contributed by atoms with Crippen LogP contribution in [0.15, 0.2) is 32.4 Å². The molecule has 0 bridgehead atoms. The third kappa shape index (κ3) is 7.08. The molecule has 0 saturated heterocycles. The molecule has 1 atom stereocenters. The zero-order valence-corrected chi connectivity index (χ0v) is 19.6. The van der Waals surface area contributed by atoms with E-state index in [0.29, 0.717) is 25.0 Å². The lowest BCUT2D eigenvalue weighted by molar-refractivity contribution is 0.0621. The number of hydrogen-bond donors (Lipinski definition) is 3. The van der Waals surface area contributed by atoms with Gasteiger partial charge in [-0.2, -0.15) is 11.3 Å². The molecule has 1 unspecified atom stereocenters. The molecule has 0 radical (unpaired) electrons. The normalized spacial score (nSPS) is 13.9. The molecule has 6 nitrogen and oxygen atoms in total. The number of nitrogens with one attached hydrogen (secondary N) is 2. The number of aliphatic hydroxyl groups is 1. The summed E-state index contributed by atoms with van der Waals surface area (Å²) < 4.78 is 5.42. The summed E-state index contributed by atoms with van der Waals surface area (Å²) in [6.45, 7) is 9.63. The summed E-state index contributed by atoms with van der Waals surface area (Å²) in [7, 11) is 0. The fourth-order valence-corrected chi connectivity index (χ4v) is 3.51. The zero-order chi connectivity index (χ0) is 19.0. The largest absolute Gasteiger partial charge is 0.384 e. The van der Waals surface area contributed by atoms with Crippen molar-refractivity contribution < 1.29 is 9.63 Å². The first-order valence-corrected chi connectivity index (χ1v) is 10.2. The maximum Gasteiger partial charge on any atom is 0.191 e. The van der Waals surface area contributed by atoms with Crippen molar-refractivity contribution in [1.82, 2.24) is 15.8 Å². The molecular formula is C19H31IN4O2S. The number of aliphatic imine (C=N–C) groups is 1. The predicted octanol–water partition coefficient (Wildman–Crippen LogP) is 4.22. The van der Waals surface area contributed by atoms with E-state index in [1.165, 1.54) is 0 Å². The van der Waals surface area contributed by atoms with Crippen LogP contribution in [0.4, 0.5) is 0 Å². The van der Waals surface area contributed by atoms with Gasteiger partial charge in [0.05, 0.1) is 12.2 Å². The van der Waals surface area contributed by atoms with Gasteiger partial charge in [-0.25, -0.2) is 4.99 Å². The van der Waals surface area contributed by atoms with Gasteiger partial charge in [0.1, 0.15) is 12.1 Å². The monoisotopic (exact) mass is 506 g/mol. The molecule has 2 aromatic rings. The van der Waals surface area contributed by atoms with Crippen molar-refractivity contribution in [3.63, 3.8) is 0 Å². The summed E-state index contributed by atoms with van der Waals surface area (Å²) in [5.74, 6) is 1.82. The second-order valence-electron chi connectivity index (χ2n) is 6.57. The molecule has 27 heavy (non-hydrogen) atoms. The average Bonchev–Trinajstić information content (AvgIpc) is 3.31. The minimum Gasteiger partial charge on any atom is -0.384 e. The van der Waals surface area contributed by atoms with Gasteiger partial charge in [-0.3, -0.25) is 0 Å². The second-order valence-corrected chi connectivity index (χ2v) is 7.35. The van der Waals surface area contributed by atoms with Crippen molar-refractivity contribution in [2.24, 2.45) is 4.99 Å². The predicted molar refractivity (Wildman–Crippen MR) is 122 cm³/mol. The zero-order valence-electron chi connectivity index (χ0n) is 16.5. The van der Waals surface area contributed by atoms with Gasteiger partial charge in [0.25, 0.3) is 0 Å². The Morgan fingerprint density at radius 3 is 2.67 bits per heavy atom. The van der Waals surface area contributed by atoms with E-state index >= 15 is 0 Å². The van der Waals surface area contributed by atoms with E-state index in [4.69, 9.17) is 4.52 Å². The lowest BCUT2D eigenvalue weighted by Gasteiger charge is -2.24. The first-order valence-electron chi connectivity index (χ1n) is 9.22. The smallest absolute Gasteiger partial charge is 0.191 e. The van der Waals surface area contributed by atoms with Gasteiger partial charge in [0.2, 0.25) is 0 Å². The van der Waals surface area contributed by atoms with Crippen molar-refractivity contribution in [3.8, 4) is 0 Å². The van der Waals surface area contributed by atoms with Crippen LogP contribution < -0.4 is 10.6 Å². The third-order valence-corrected chi connectivity index (χ3v) is 5.14. The minimum atomic E-state index is -0.953. The van der Waals surface area contributed by atoms with Gasteiger partial charge in [-0.15, -0.1) is 24.0 Å². The number of thiophene rings is 1. The second kappa shape index (κ2) is 11.7. The first kappa shape index (κ1) is 23.9. The molecule has 0 aliphatic rings. The molecule has 8 heteroatoms. The number of aromatic nitrogens is 1. The summed E-state index contributed by atoms with van der Waals surface area (Å²) in [4.78, 5) is 4.54. The summed E-state index contributed by atoms with van der Waals surface area (Å²) in [5, 5.41) is 25.1. The standard InChI is InChI=1S/C19H30N4O2S.HI/c1-5-14(6-2)17-10-16(25-23-17)11-21-18(20-7-3)22-13-19(4,24)15-8-9-26-12-15;/h8-10,12,14,24H,5-7,11,13H2,1-4H3,(H2,20,21,22);1H. The summed E-state index contributed by atoms with van der Waals surface area (Å²) >= 11 is 1.57. The molecule has 3 N–H and O–H groups in total. The molecular weight excluding hydrogens is 475 g/mol. The Kier molecular flexibility index (Phi) is 10.3. The van der Waals surface area contributed by atoms with Gasteiger partial charge >= 0.3 is 0 Å². The van der Waals surface area contributed by atoms with Crippen LogP contribution in [0.3, 0.4) is 0 Å². The van der Waals surface area contributed by atoms with E-state index in [2.05, 4.69) is 34.6 Å². The number of guanidine groups is 1. The molecule has 152 valence electrons. The summed E-state index contributed by atoms with van der Waals surface area (Å²) in [5.41, 5.74) is 0.944. The van der Waals surface area contributed by atoms with Crippen molar-refractivity contribution in [2.45, 2.75) is 58.6 Å². The molecule has 0 aliphatic carbocycles. The van der Waals surface area contributed by atoms with Crippen molar-refractivity contribution in [1.29, 1.82) is 0 Å².